The van der Waals surface area contributed by atoms with Crippen molar-refractivity contribution in [2.45, 2.75) is 0 Å². The maximum atomic E-state index is 12.5. The fraction of sp³-hybridized carbons (Fsp3) is 0. The Bertz CT molecular complexity index is 1180. The van der Waals surface area contributed by atoms with E-state index in [1.165, 1.54) is 10.7 Å². The molecule has 0 saturated heterocycles. The van der Waals surface area contributed by atoms with Crippen LogP contribution in [0.25, 0.3) is 0 Å². The summed E-state index contributed by atoms with van der Waals surface area (Å²) in [5.74, 6) is 0. The van der Waals surface area contributed by atoms with Crippen LogP contribution in [-0.2, 0) is 0 Å². The van der Waals surface area contributed by atoms with Crippen molar-refractivity contribution in [2.75, 3.05) is 0 Å². The molecule has 5 aromatic rings. The molecule has 0 bridgehead atoms. The van der Waals surface area contributed by atoms with Gasteiger partial charge in [0.25, 0.3) is 0 Å². The van der Waals surface area contributed by atoms with Crippen LogP contribution in [0.1, 0.15) is 0 Å². The third-order valence-electron chi connectivity index (χ3n) is 5.43. The van der Waals surface area contributed by atoms with E-state index in [2.05, 4.69) is 99.5 Å². The summed E-state index contributed by atoms with van der Waals surface area (Å²) in [6.07, 6.45) is 0. The quantitative estimate of drug-likeness (QED) is 0.225. The Hall–Kier alpha value is -2.41. The Balaban J connectivity index is 0.000000166. The molecule has 0 fully saturated rings. The molecule has 5 aromatic carbocycles. The van der Waals surface area contributed by atoms with Gasteiger partial charge in [-0.05, 0) is 10.6 Å². The van der Waals surface area contributed by atoms with Gasteiger partial charge in [-0.3, -0.25) is 0 Å². The second kappa shape index (κ2) is 12.3. The molecule has 0 spiro atoms. The molecule has 0 saturated carbocycles. The Morgan fingerprint density at radius 3 is 0.912 bits per heavy atom. The summed E-state index contributed by atoms with van der Waals surface area (Å²) in [4.78, 5) is 12.5. The molecule has 0 aliphatic carbocycles. The van der Waals surface area contributed by atoms with Gasteiger partial charge in [0.1, 0.15) is 0 Å². The van der Waals surface area contributed by atoms with Crippen LogP contribution in [0.15, 0.2) is 152 Å². The van der Waals surface area contributed by atoms with Crippen molar-refractivity contribution >= 4 is 56.4 Å². The number of rotatable bonds is 5. The molecule has 0 aromatic heterocycles. The van der Waals surface area contributed by atoms with Crippen molar-refractivity contribution in [1.82, 2.24) is 0 Å². The van der Waals surface area contributed by atoms with Crippen molar-refractivity contribution in [3.63, 3.8) is 0 Å². The first-order valence-corrected chi connectivity index (χ1v) is 18.5. The van der Waals surface area contributed by atoms with Crippen LogP contribution in [0.3, 0.4) is 0 Å². The Labute approximate surface area is 212 Å². The van der Waals surface area contributed by atoms with Crippen LogP contribution in [0.2, 0.25) is 0 Å². The molecule has 1 radical (unpaired) electrons. The topological polar surface area (TPSA) is 23.1 Å². The second-order valence-electron chi connectivity index (χ2n) is 7.75. The van der Waals surface area contributed by atoms with Crippen molar-refractivity contribution in [1.29, 1.82) is 0 Å². The van der Waals surface area contributed by atoms with Gasteiger partial charge in [0.2, 0.25) is 0 Å². The van der Waals surface area contributed by atoms with Crippen LogP contribution in [0, 0.1) is 0 Å². The zero-order valence-electron chi connectivity index (χ0n) is 18.8. The summed E-state index contributed by atoms with van der Waals surface area (Å²) >= 11 is -1.98. The molecule has 0 aliphatic rings. The van der Waals surface area contributed by atoms with E-state index in [-0.39, 0.29) is 0 Å². The molecule has 0 N–H and O–H groups in total. The number of hydrogen-bond donors (Lipinski definition) is 0. The normalized spacial score (nSPS) is 10.9. The van der Waals surface area contributed by atoms with Gasteiger partial charge in [-0.25, -0.2) is 0 Å². The van der Waals surface area contributed by atoms with Gasteiger partial charge >= 0.3 is 121 Å². The van der Waals surface area contributed by atoms with E-state index < -0.39 is 26.5 Å². The van der Waals surface area contributed by atoms with E-state index in [0.29, 0.717) is 0 Å². The SMILES string of the molecule is [O-]P(=P)(c1ccccc1)c1ccccc1.c1cc[c]([Sn]([c]2ccccc2)[c]2ccccc2)cc1. The van der Waals surface area contributed by atoms with Crippen LogP contribution in [0.5, 0.6) is 0 Å². The zero-order valence-corrected chi connectivity index (χ0v) is 23.5. The van der Waals surface area contributed by atoms with Gasteiger partial charge in [0, 0.05) is 0 Å². The Morgan fingerprint density at radius 1 is 0.412 bits per heavy atom. The summed E-state index contributed by atoms with van der Waals surface area (Å²) in [6.45, 7) is -2.59. The summed E-state index contributed by atoms with van der Waals surface area (Å²) in [7, 11) is 3.41. The van der Waals surface area contributed by atoms with Gasteiger partial charge < -0.3 is 4.89 Å². The first-order valence-electron chi connectivity index (χ1n) is 11.2. The second-order valence-corrected chi connectivity index (χ2v) is 19.0. The molecule has 167 valence electrons. The Kier molecular flexibility index (Phi) is 8.97. The van der Waals surface area contributed by atoms with Gasteiger partial charge in [-0.15, -0.1) is 15.3 Å². The van der Waals surface area contributed by atoms with E-state index >= 15 is 0 Å². The van der Waals surface area contributed by atoms with Crippen molar-refractivity contribution in [3.8, 4) is 0 Å². The molecule has 4 heteroatoms. The Morgan fingerprint density at radius 2 is 0.647 bits per heavy atom. The average molecular weight is 583 g/mol. The summed E-state index contributed by atoms with van der Waals surface area (Å²) in [5.41, 5.74) is 0. The molecule has 5 rings (SSSR count). The predicted molar refractivity (Wildman–Crippen MR) is 151 cm³/mol. The average Bonchev–Trinajstić information content (AvgIpc) is 2.92. The fourth-order valence-electron chi connectivity index (χ4n) is 3.74. The fourth-order valence-corrected chi connectivity index (χ4v) is 13.5. The molecule has 0 atom stereocenters. The van der Waals surface area contributed by atoms with Gasteiger partial charge in [0.05, 0.1) is 0 Å². The first kappa shape index (κ1) is 24.7. The molecular weight excluding hydrogens is 557 g/mol. The van der Waals surface area contributed by atoms with E-state index in [1.807, 2.05) is 60.7 Å². The van der Waals surface area contributed by atoms with Crippen LogP contribution in [-0.4, -0.2) is 19.8 Å². The number of benzene rings is 5. The summed E-state index contributed by atoms with van der Waals surface area (Å²) < 4.78 is 4.59. The van der Waals surface area contributed by atoms with E-state index in [1.54, 1.807) is 0 Å². The van der Waals surface area contributed by atoms with Crippen LogP contribution >= 0.6 is 15.3 Å². The molecule has 34 heavy (non-hydrogen) atoms. The minimum atomic E-state index is -2.59. The molecule has 0 heterocycles. The van der Waals surface area contributed by atoms with E-state index in [0.717, 1.165) is 10.6 Å². The molecule has 1 nitrogen and oxygen atoms in total. The number of hydrogen-bond acceptors (Lipinski definition) is 1. The van der Waals surface area contributed by atoms with E-state index in [4.69, 9.17) is 0 Å². The third kappa shape index (κ3) is 6.38. The van der Waals surface area contributed by atoms with Gasteiger partial charge in [0.15, 0.2) is 0 Å². The zero-order chi connectivity index (χ0) is 23.6. The molecule has 0 amide bonds. The van der Waals surface area contributed by atoms with Crippen LogP contribution < -0.4 is 26.2 Å². The molecule has 0 unspecified atom stereocenters. The minimum absolute atomic E-state index is 0.827. The van der Waals surface area contributed by atoms with Gasteiger partial charge in [-0.1, -0.05) is 60.7 Å². The monoisotopic (exact) mass is 584 g/mol. The van der Waals surface area contributed by atoms with Crippen LogP contribution in [0.4, 0.5) is 0 Å². The van der Waals surface area contributed by atoms with Crippen molar-refractivity contribution in [2.24, 2.45) is 0 Å². The predicted octanol–water partition coefficient (Wildman–Crippen LogP) is 4.19. The van der Waals surface area contributed by atoms with E-state index in [9.17, 15) is 4.89 Å². The third-order valence-corrected chi connectivity index (χ3v) is 16.8. The standard InChI is InChI=1S/C12H11OP2.3C6H5.Sn/c13-15(14,11-7-3-1-4-8-11)12-9-5-2-6-10-12;3*1-2-4-6-5-3-1;/h1-10,14H;3*1-5H;/q-1;;;;. The summed E-state index contributed by atoms with van der Waals surface area (Å²) in [5, 5.41) is 1.65. The molecule has 0 aliphatic heterocycles. The first-order chi connectivity index (χ1) is 16.7. The maximum absolute atomic E-state index is 12.5. The summed E-state index contributed by atoms with van der Waals surface area (Å²) in [6, 6.07) is 51.9. The van der Waals surface area contributed by atoms with Crippen molar-refractivity contribution < 1.29 is 4.89 Å². The molecular formula is C30H26OP2Sn-. The van der Waals surface area contributed by atoms with Gasteiger partial charge in [-0.2, -0.15) is 0 Å². The van der Waals surface area contributed by atoms with Crippen molar-refractivity contribution in [3.05, 3.63) is 152 Å².